The van der Waals surface area contributed by atoms with Crippen LogP contribution in [0.25, 0.3) is 0 Å². The monoisotopic (exact) mass is 281 g/mol. The number of carboxylic acid groups (broad SMARTS) is 1. The molecule has 1 heterocycles. The molecule has 7 nitrogen and oxygen atoms in total. The van der Waals surface area contributed by atoms with E-state index in [0.29, 0.717) is 5.56 Å². The first-order valence-corrected chi connectivity index (χ1v) is 5.82. The Morgan fingerprint density at radius 2 is 1.60 bits per heavy atom. The van der Waals surface area contributed by atoms with Crippen molar-refractivity contribution in [3.8, 4) is 0 Å². The number of imide groups is 1. The molecule has 0 spiro atoms. The van der Waals surface area contributed by atoms with Crippen molar-refractivity contribution in [3.63, 3.8) is 0 Å². The van der Waals surface area contributed by atoms with E-state index in [4.69, 9.17) is 10.3 Å². The highest BCUT2D eigenvalue weighted by Gasteiger charge is 2.31. The van der Waals surface area contributed by atoms with Gasteiger partial charge in [0, 0.05) is 12.8 Å². The van der Waals surface area contributed by atoms with Gasteiger partial charge in [-0.15, -0.1) is 0 Å². The Bertz CT molecular complexity index is 495. The van der Waals surface area contributed by atoms with Gasteiger partial charge in [-0.2, -0.15) is 5.06 Å². The van der Waals surface area contributed by atoms with Crippen LogP contribution in [0.2, 0.25) is 0 Å². The molecule has 1 aliphatic heterocycles. The van der Waals surface area contributed by atoms with Gasteiger partial charge in [0.25, 0.3) is 11.8 Å². The van der Waals surface area contributed by atoms with E-state index >= 15 is 0 Å². The second-order valence-electron chi connectivity index (χ2n) is 4.34. The third-order valence-corrected chi connectivity index (χ3v) is 2.78. The van der Waals surface area contributed by atoms with E-state index < -0.39 is 23.4 Å². The first kappa shape index (κ1) is 15.8. The Hall–Kier alpha value is -2.25. The molecule has 0 aromatic heterocycles. The first-order valence-electron chi connectivity index (χ1n) is 5.82. The third-order valence-electron chi connectivity index (χ3n) is 2.78. The van der Waals surface area contributed by atoms with Gasteiger partial charge < -0.3 is 10.2 Å². The predicted molar refractivity (Wildman–Crippen MR) is 66.5 cm³/mol. The molecule has 108 valence electrons. The van der Waals surface area contributed by atoms with E-state index in [-0.39, 0.29) is 17.9 Å². The van der Waals surface area contributed by atoms with Gasteiger partial charge in [-0.25, -0.2) is 4.79 Å². The second-order valence-corrected chi connectivity index (χ2v) is 4.34. The lowest BCUT2D eigenvalue weighted by atomic mass is 9.97. The van der Waals surface area contributed by atoms with Crippen LogP contribution in [0.3, 0.4) is 0 Å². The molecule has 2 rings (SSSR count). The summed E-state index contributed by atoms with van der Waals surface area (Å²) in [5, 5.41) is 26.7. The number of nitrogens with zero attached hydrogens (tertiary/aromatic N) is 1. The number of rotatable bonds is 2. The number of amides is 2. The maximum Gasteiger partial charge on any atom is 0.340 e. The number of carboxylic acids is 1. The molecule has 1 fully saturated rings. The van der Waals surface area contributed by atoms with Crippen molar-refractivity contribution in [1.82, 2.24) is 5.06 Å². The molecule has 0 radical (unpaired) electrons. The molecule has 3 N–H and O–H groups in total. The van der Waals surface area contributed by atoms with Gasteiger partial charge in [0.1, 0.15) is 0 Å². The number of aliphatic hydroxyl groups is 1. The van der Waals surface area contributed by atoms with Gasteiger partial charge >= 0.3 is 5.97 Å². The summed E-state index contributed by atoms with van der Waals surface area (Å²) >= 11 is 0. The van der Waals surface area contributed by atoms with Crippen molar-refractivity contribution in [3.05, 3.63) is 35.9 Å². The number of hydrogen-bond acceptors (Lipinski definition) is 5. The van der Waals surface area contributed by atoms with Crippen LogP contribution < -0.4 is 0 Å². The van der Waals surface area contributed by atoms with Crippen LogP contribution in [0.4, 0.5) is 0 Å². The molecular formula is C13H15NO6. The van der Waals surface area contributed by atoms with Crippen molar-refractivity contribution >= 4 is 17.8 Å². The van der Waals surface area contributed by atoms with E-state index in [2.05, 4.69) is 0 Å². The SMILES string of the molecule is CC(O)(C(=O)O)c1ccccc1.O=C1CCC(=O)N1O. The quantitative estimate of drug-likeness (QED) is 0.537. The topological polar surface area (TPSA) is 115 Å². The molecule has 1 aliphatic rings. The summed E-state index contributed by atoms with van der Waals surface area (Å²) in [5.74, 6) is -2.25. The minimum absolute atomic E-state index is 0.148. The summed E-state index contributed by atoms with van der Waals surface area (Å²) in [6.07, 6.45) is 0.296. The maximum atomic E-state index is 10.6. The highest BCUT2D eigenvalue weighted by molar-refractivity contribution is 6.00. The van der Waals surface area contributed by atoms with Gasteiger partial charge in [0.2, 0.25) is 0 Å². The maximum absolute atomic E-state index is 10.6. The Kier molecular flexibility index (Phi) is 4.95. The third kappa shape index (κ3) is 3.62. The largest absolute Gasteiger partial charge is 0.479 e. The molecule has 1 saturated heterocycles. The number of carbonyl (C=O) groups is 3. The molecule has 0 saturated carbocycles. The van der Waals surface area contributed by atoms with E-state index in [0.717, 1.165) is 0 Å². The number of carbonyl (C=O) groups excluding carboxylic acids is 2. The predicted octanol–water partition coefficient (Wildman–Crippen LogP) is 0.503. The van der Waals surface area contributed by atoms with Crippen LogP contribution >= 0.6 is 0 Å². The Morgan fingerprint density at radius 3 is 1.90 bits per heavy atom. The minimum atomic E-state index is -1.79. The van der Waals surface area contributed by atoms with E-state index in [1.54, 1.807) is 30.3 Å². The molecule has 2 amide bonds. The van der Waals surface area contributed by atoms with Crippen molar-refractivity contribution < 1.29 is 29.8 Å². The molecule has 0 bridgehead atoms. The minimum Gasteiger partial charge on any atom is -0.479 e. The average Bonchev–Trinajstić information content (AvgIpc) is 2.72. The lowest BCUT2D eigenvalue weighted by Gasteiger charge is -2.17. The van der Waals surface area contributed by atoms with Crippen molar-refractivity contribution in [1.29, 1.82) is 0 Å². The van der Waals surface area contributed by atoms with Gasteiger partial charge in [0.15, 0.2) is 5.60 Å². The standard InChI is InChI=1S/C9H10O3.C4H5NO3/c1-9(12,8(10)11)7-5-3-2-4-6-7;6-3-1-2-4(7)5(3)8/h2-6,12H,1H3,(H,10,11);8H,1-2H2. The lowest BCUT2D eigenvalue weighted by molar-refractivity contribution is -0.171. The number of hydrogen-bond donors (Lipinski definition) is 3. The van der Waals surface area contributed by atoms with Gasteiger partial charge in [-0.1, -0.05) is 30.3 Å². The summed E-state index contributed by atoms with van der Waals surface area (Å²) < 4.78 is 0. The van der Waals surface area contributed by atoms with Gasteiger partial charge in [0.05, 0.1) is 0 Å². The Labute approximate surface area is 115 Å². The Balaban J connectivity index is 0.000000217. The second kappa shape index (κ2) is 6.27. The zero-order chi connectivity index (χ0) is 15.3. The van der Waals surface area contributed by atoms with Crippen LogP contribution in [0.1, 0.15) is 25.3 Å². The molecule has 1 atom stereocenters. The summed E-state index contributed by atoms with van der Waals surface area (Å²) in [4.78, 5) is 31.1. The van der Waals surface area contributed by atoms with Crippen LogP contribution in [0, 0.1) is 0 Å². The molecule has 0 aliphatic carbocycles. The zero-order valence-electron chi connectivity index (χ0n) is 10.8. The summed E-state index contributed by atoms with van der Waals surface area (Å²) in [5.41, 5.74) is -1.40. The number of hydroxylamine groups is 2. The molecule has 20 heavy (non-hydrogen) atoms. The lowest BCUT2D eigenvalue weighted by Crippen LogP contribution is -2.31. The van der Waals surface area contributed by atoms with Gasteiger partial charge in [-0.3, -0.25) is 14.8 Å². The first-order chi connectivity index (χ1) is 9.26. The Morgan fingerprint density at radius 1 is 1.15 bits per heavy atom. The molecule has 1 aromatic rings. The highest BCUT2D eigenvalue weighted by atomic mass is 16.5. The molecule has 1 aromatic carbocycles. The summed E-state index contributed by atoms with van der Waals surface area (Å²) in [6, 6.07) is 8.29. The zero-order valence-corrected chi connectivity index (χ0v) is 10.8. The average molecular weight is 281 g/mol. The fraction of sp³-hybridized carbons (Fsp3) is 0.308. The van der Waals surface area contributed by atoms with E-state index in [1.807, 2.05) is 0 Å². The summed E-state index contributed by atoms with van der Waals surface area (Å²) in [6.45, 7) is 1.25. The molecule has 1 unspecified atom stereocenters. The van der Waals surface area contributed by atoms with Crippen LogP contribution in [-0.4, -0.2) is 38.3 Å². The van der Waals surface area contributed by atoms with Crippen molar-refractivity contribution in [2.75, 3.05) is 0 Å². The number of benzene rings is 1. The molecule has 7 heteroatoms. The van der Waals surface area contributed by atoms with Crippen molar-refractivity contribution in [2.45, 2.75) is 25.4 Å². The highest BCUT2D eigenvalue weighted by Crippen LogP contribution is 2.19. The molecular weight excluding hydrogens is 266 g/mol. The normalized spacial score (nSPS) is 17.2. The van der Waals surface area contributed by atoms with Crippen molar-refractivity contribution in [2.24, 2.45) is 0 Å². The summed E-state index contributed by atoms with van der Waals surface area (Å²) in [7, 11) is 0. The fourth-order valence-corrected chi connectivity index (χ4v) is 1.45. The van der Waals surface area contributed by atoms with E-state index in [1.165, 1.54) is 6.92 Å². The van der Waals surface area contributed by atoms with Crippen LogP contribution in [-0.2, 0) is 20.0 Å². The van der Waals surface area contributed by atoms with E-state index in [9.17, 15) is 19.5 Å². The fourth-order valence-electron chi connectivity index (χ4n) is 1.45. The van der Waals surface area contributed by atoms with Crippen LogP contribution in [0.15, 0.2) is 30.3 Å². The van der Waals surface area contributed by atoms with Gasteiger partial charge in [-0.05, 0) is 12.5 Å². The van der Waals surface area contributed by atoms with Crippen LogP contribution in [0.5, 0.6) is 0 Å². The number of aliphatic carboxylic acids is 1. The smallest absolute Gasteiger partial charge is 0.340 e.